The van der Waals surface area contributed by atoms with Crippen molar-refractivity contribution in [1.29, 1.82) is 0 Å². The van der Waals surface area contributed by atoms with Crippen LogP contribution in [0.5, 0.6) is 0 Å². The number of hydrogen-bond acceptors (Lipinski definition) is 2. The number of aryl methyl sites for hydroxylation is 2. The quantitative estimate of drug-likeness (QED) is 0.858. The van der Waals surface area contributed by atoms with Crippen LogP contribution >= 0.6 is 0 Å². The second kappa shape index (κ2) is 4.81. The number of rotatable bonds is 2. The van der Waals surface area contributed by atoms with E-state index in [-0.39, 0.29) is 0 Å². The summed E-state index contributed by atoms with van der Waals surface area (Å²) < 4.78 is 0. The number of aromatic nitrogens is 1. The van der Waals surface area contributed by atoms with Gasteiger partial charge in [-0.05, 0) is 48.9 Å². The van der Waals surface area contributed by atoms with Crippen molar-refractivity contribution in [2.75, 3.05) is 5.32 Å². The molecule has 1 N–H and O–H groups in total. The standard InChI is InChI=1S/C16H18N2/c1-12-9-10-17-11-16(12)18-15-8-4-6-13-5-2-3-7-14(13)15/h2-3,5,7,9-11,15,18H,4,6,8H2,1H3. The lowest BCUT2D eigenvalue weighted by Crippen LogP contribution is -2.17. The summed E-state index contributed by atoms with van der Waals surface area (Å²) in [7, 11) is 0. The Morgan fingerprint density at radius 2 is 2.11 bits per heavy atom. The number of anilines is 1. The van der Waals surface area contributed by atoms with E-state index in [0.29, 0.717) is 6.04 Å². The van der Waals surface area contributed by atoms with Crippen molar-refractivity contribution in [3.8, 4) is 0 Å². The zero-order valence-corrected chi connectivity index (χ0v) is 10.7. The molecule has 0 spiro atoms. The van der Waals surface area contributed by atoms with Gasteiger partial charge >= 0.3 is 0 Å². The molecular formula is C16H18N2. The summed E-state index contributed by atoms with van der Waals surface area (Å²) in [6, 6.07) is 11.2. The zero-order valence-electron chi connectivity index (χ0n) is 10.7. The molecule has 1 aliphatic carbocycles. The van der Waals surface area contributed by atoms with Crippen LogP contribution in [0.1, 0.15) is 35.6 Å². The Morgan fingerprint density at radius 1 is 1.22 bits per heavy atom. The average molecular weight is 238 g/mol. The van der Waals surface area contributed by atoms with Crippen LogP contribution in [0.25, 0.3) is 0 Å². The third-order valence-corrected chi connectivity index (χ3v) is 3.74. The van der Waals surface area contributed by atoms with Crippen LogP contribution in [-0.2, 0) is 6.42 Å². The van der Waals surface area contributed by atoms with Crippen LogP contribution in [0.3, 0.4) is 0 Å². The molecule has 2 nitrogen and oxygen atoms in total. The lowest BCUT2D eigenvalue weighted by atomic mass is 9.87. The topological polar surface area (TPSA) is 24.9 Å². The van der Waals surface area contributed by atoms with Gasteiger partial charge in [0.1, 0.15) is 0 Å². The highest BCUT2D eigenvalue weighted by atomic mass is 14.9. The summed E-state index contributed by atoms with van der Waals surface area (Å²) in [5.74, 6) is 0. The molecule has 2 heteroatoms. The van der Waals surface area contributed by atoms with Crippen molar-refractivity contribution in [1.82, 2.24) is 4.98 Å². The number of hydrogen-bond donors (Lipinski definition) is 1. The second-order valence-electron chi connectivity index (χ2n) is 4.98. The monoisotopic (exact) mass is 238 g/mol. The molecule has 1 heterocycles. The minimum atomic E-state index is 0.429. The smallest absolute Gasteiger partial charge is 0.0561 e. The van der Waals surface area contributed by atoms with Gasteiger partial charge < -0.3 is 5.32 Å². The number of pyridine rings is 1. The molecule has 1 aromatic carbocycles. The molecular weight excluding hydrogens is 220 g/mol. The molecule has 0 amide bonds. The number of nitrogens with one attached hydrogen (secondary N) is 1. The Balaban J connectivity index is 1.89. The summed E-state index contributed by atoms with van der Waals surface area (Å²) in [6.07, 6.45) is 7.43. The SMILES string of the molecule is Cc1ccncc1NC1CCCc2ccccc21. The largest absolute Gasteiger partial charge is 0.377 e. The molecule has 0 fully saturated rings. The predicted octanol–water partition coefficient (Wildman–Crippen LogP) is 3.88. The predicted molar refractivity (Wildman–Crippen MR) is 74.7 cm³/mol. The highest BCUT2D eigenvalue weighted by molar-refractivity contribution is 5.51. The van der Waals surface area contributed by atoms with Crippen LogP contribution in [0.2, 0.25) is 0 Å². The van der Waals surface area contributed by atoms with E-state index < -0.39 is 0 Å². The first-order valence-electron chi connectivity index (χ1n) is 6.59. The first-order chi connectivity index (χ1) is 8.84. The zero-order chi connectivity index (χ0) is 12.4. The van der Waals surface area contributed by atoms with E-state index in [2.05, 4.69) is 47.6 Å². The lowest BCUT2D eigenvalue weighted by molar-refractivity contribution is 0.600. The minimum absolute atomic E-state index is 0.429. The van der Waals surface area contributed by atoms with E-state index in [9.17, 15) is 0 Å². The van der Waals surface area contributed by atoms with Gasteiger partial charge in [0.2, 0.25) is 0 Å². The van der Waals surface area contributed by atoms with E-state index in [4.69, 9.17) is 0 Å². The van der Waals surface area contributed by atoms with Gasteiger partial charge in [-0.15, -0.1) is 0 Å². The van der Waals surface area contributed by atoms with Crippen LogP contribution in [0.4, 0.5) is 5.69 Å². The fourth-order valence-electron chi connectivity index (χ4n) is 2.71. The highest BCUT2D eigenvalue weighted by Gasteiger charge is 2.19. The molecule has 0 aliphatic heterocycles. The molecule has 1 unspecified atom stereocenters. The van der Waals surface area contributed by atoms with E-state index in [1.807, 2.05) is 12.4 Å². The second-order valence-corrected chi connectivity index (χ2v) is 4.98. The minimum Gasteiger partial charge on any atom is -0.377 e. The number of benzene rings is 1. The molecule has 0 radical (unpaired) electrons. The number of nitrogens with zero attached hydrogens (tertiary/aromatic N) is 1. The Hall–Kier alpha value is -1.83. The highest BCUT2D eigenvalue weighted by Crippen LogP contribution is 2.32. The lowest BCUT2D eigenvalue weighted by Gasteiger charge is -2.27. The first-order valence-corrected chi connectivity index (χ1v) is 6.59. The Kier molecular flexibility index (Phi) is 3.01. The summed E-state index contributed by atoms with van der Waals surface area (Å²) in [4.78, 5) is 4.20. The van der Waals surface area contributed by atoms with Crippen molar-refractivity contribution in [3.05, 3.63) is 59.4 Å². The fourth-order valence-corrected chi connectivity index (χ4v) is 2.71. The van der Waals surface area contributed by atoms with E-state index in [1.54, 1.807) is 0 Å². The van der Waals surface area contributed by atoms with Gasteiger partial charge in [-0.3, -0.25) is 4.98 Å². The molecule has 3 rings (SSSR count). The van der Waals surface area contributed by atoms with Gasteiger partial charge in [-0.2, -0.15) is 0 Å². The fraction of sp³-hybridized carbons (Fsp3) is 0.312. The maximum atomic E-state index is 4.20. The molecule has 2 aromatic rings. The molecule has 1 atom stereocenters. The van der Waals surface area contributed by atoms with E-state index >= 15 is 0 Å². The molecule has 18 heavy (non-hydrogen) atoms. The van der Waals surface area contributed by atoms with Crippen molar-refractivity contribution in [3.63, 3.8) is 0 Å². The molecule has 1 aromatic heterocycles. The Bertz CT molecular complexity index is 548. The molecule has 0 saturated heterocycles. The number of fused-ring (bicyclic) bond motifs is 1. The van der Waals surface area contributed by atoms with E-state index in [0.717, 1.165) is 5.69 Å². The van der Waals surface area contributed by atoms with Crippen molar-refractivity contribution >= 4 is 5.69 Å². The third kappa shape index (κ3) is 2.10. The molecule has 0 saturated carbocycles. The Labute approximate surface area is 108 Å². The van der Waals surface area contributed by atoms with Crippen molar-refractivity contribution < 1.29 is 0 Å². The van der Waals surface area contributed by atoms with Crippen LogP contribution in [-0.4, -0.2) is 4.98 Å². The van der Waals surface area contributed by atoms with Gasteiger partial charge in [0.15, 0.2) is 0 Å². The van der Waals surface area contributed by atoms with Crippen molar-refractivity contribution in [2.45, 2.75) is 32.2 Å². The first kappa shape index (κ1) is 11.3. The van der Waals surface area contributed by atoms with Crippen LogP contribution in [0.15, 0.2) is 42.7 Å². The Morgan fingerprint density at radius 3 is 3.00 bits per heavy atom. The third-order valence-electron chi connectivity index (χ3n) is 3.74. The summed E-state index contributed by atoms with van der Waals surface area (Å²) in [5, 5.41) is 3.64. The maximum absolute atomic E-state index is 4.20. The van der Waals surface area contributed by atoms with E-state index in [1.165, 1.54) is 36.0 Å². The van der Waals surface area contributed by atoms with Crippen LogP contribution in [0, 0.1) is 6.92 Å². The van der Waals surface area contributed by atoms with Gasteiger partial charge in [-0.25, -0.2) is 0 Å². The average Bonchev–Trinajstić information content (AvgIpc) is 2.42. The normalized spacial score (nSPS) is 18.2. The van der Waals surface area contributed by atoms with Crippen LogP contribution < -0.4 is 5.32 Å². The summed E-state index contributed by atoms with van der Waals surface area (Å²) in [6.45, 7) is 2.12. The maximum Gasteiger partial charge on any atom is 0.0561 e. The van der Waals surface area contributed by atoms with Gasteiger partial charge in [0.05, 0.1) is 17.9 Å². The molecule has 1 aliphatic rings. The van der Waals surface area contributed by atoms with Gasteiger partial charge in [0.25, 0.3) is 0 Å². The summed E-state index contributed by atoms with van der Waals surface area (Å²) >= 11 is 0. The van der Waals surface area contributed by atoms with Crippen molar-refractivity contribution in [2.24, 2.45) is 0 Å². The van der Waals surface area contributed by atoms with Gasteiger partial charge in [0, 0.05) is 6.20 Å². The molecule has 0 bridgehead atoms. The van der Waals surface area contributed by atoms with Gasteiger partial charge in [-0.1, -0.05) is 24.3 Å². The summed E-state index contributed by atoms with van der Waals surface area (Å²) in [5.41, 5.74) is 5.35. The molecule has 92 valence electrons.